The lowest BCUT2D eigenvalue weighted by Crippen LogP contribution is -2.46. The largest absolute Gasteiger partial charge is 0.484 e. The van der Waals surface area contributed by atoms with Crippen LogP contribution in [0.1, 0.15) is 32.3 Å². The summed E-state index contributed by atoms with van der Waals surface area (Å²) in [7, 11) is 0. The number of carbonyl (C=O) groups excluding carboxylic acids is 1. The molecular formula is C23H30ClN3O2. The average molecular weight is 416 g/mol. The molecule has 1 heterocycles. The number of rotatable bonds is 7. The van der Waals surface area contributed by atoms with Crippen molar-refractivity contribution in [2.24, 2.45) is 0 Å². The lowest BCUT2D eigenvalue weighted by atomic mass is 10.0. The molecule has 5 nitrogen and oxygen atoms in total. The lowest BCUT2D eigenvalue weighted by molar-refractivity contribution is -0.118. The number of likely N-dealkylation sites (N-methyl/N-ethyl adjacent to an activating group) is 1. The number of halogens is 1. The van der Waals surface area contributed by atoms with Crippen molar-refractivity contribution in [2.75, 3.05) is 49.5 Å². The zero-order valence-corrected chi connectivity index (χ0v) is 18.2. The third-order valence-corrected chi connectivity index (χ3v) is 5.61. The number of amides is 1. The fourth-order valence-electron chi connectivity index (χ4n) is 3.44. The summed E-state index contributed by atoms with van der Waals surface area (Å²) >= 11 is 6.49. The highest BCUT2D eigenvalue weighted by molar-refractivity contribution is 6.33. The fourth-order valence-corrected chi connectivity index (χ4v) is 3.74. The molecule has 0 aromatic heterocycles. The lowest BCUT2D eigenvalue weighted by Gasteiger charge is -2.36. The molecule has 0 unspecified atom stereocenters. The molecule has 0 bridgehead atoms. The second-order valence-electron chi connectivity index (χ2n) is 7.65. The van der Waals surface area contributed by atoms with Crippen LogP contribution in [0.25, 0.3) is 0 Å². The van der Waals surface area contributed by atoms with E-state index in [4.69, 9.17) is 16.3 Å². The molecule has 0 radical (unpaired) electrons. The molecule has 1 aliphatic heterocycles. The Morgan fingerprint density at radius 1 is 1.10 bits per heavy atom. The summed E-state index contributed by atoms with van der Waals surface area (Å²) in [5.41, 5.74) is 2.93. The van der Waals surface area contributed by atoms with Crippen LogP contribution in [-0.4, -0.2) is 50.1 Å². The van der Waals surface area contributed by atoms with Gasteiger partial charge in [0.2, 0.25) is 0 Å². The Kier molecular flexibility index (Phi) is 7.40. The number of nitrogens with zero attached hydrogens (tertiary/aromatic N) is 2. The van der Waals surface area contributed by atoms with Gasteiger partial charge >= 0.3 is 0 Å². The van der Waals surface area contributed by atoms with E-state index in [1.807, 2.05) is 36.4 Å². The molecule has 1 saturated heterocycles. The maximum Gasteiger partial charge on any atom is 0.262 e. The van der Waals surface area contributed by atoms with Crippen molar-refractivity contribution in [2.45, 2.75) is 26.7 Å². The van der Waals surface area contributed by atoms with Crippen molar-refractivity contribution in [3.63, 3.8) is 0 Å². The van der Waals surface area contributed by atoms with Gasteiger partial charge in [-0.1, -0.05) is 44.5 Å². The molecule has 1 fully saturated rings. The fraction of sp³-hybridized carbons (Fsp3) is 0.435. The summed E-state index contributed by atoms with van der Waals surface area (Å²) in [6.07, 6.45) is 0. The van der Waals surface area contributed by atoms with Crippen LogP contribution in [0, 0.1) is 0 Å². The van der Waals surface area contributed by atoms with Gasteiger partial charge in [-0.2, -0.15) is 0 Å². The minimum Gasteiger partial charge on any atom is -0.484 e. The minimum atomic E-state index is -0.210. The second kappa shape index (κ2) is 9.99. The van der Waals surface area contributed by atoms with Crippen LogP contribution in [0.5, 0.6) is 5.75 Å². The van der Waals surface area contributed by atoms with Gasteiger partial charge in [-0.15, -0.1) is 0 Å². The van der Waals surface area contributed by atoms with E-state index in [9.17, 15) is 4.79 Å². The second-order valence-corrected chi connectivity index (χ2v) is 8.06. The van der Waals surface area contributed by atoms with E-state index in [0.717, 1.165) is 38.4 Å². The molecular weight excluding hydrogens is 386 g/mol. The Morgan fingerprint density at radius 3 is 2.38 bits per heavy atom. The summed E-state index contributed by atoms with van der Waals surface area (Å²) in [4.78, 5) is 17.0. The van der Waals surface area contributed by atoms with Crippen LogP contribution in [0.4, 0.5) is 11.4 Å². The molecule has 2 aromatic carbocycles. The van der Waals surface area contributed by atoms with Gasteiger partial charge in [-0.3, -0.25) is 4.79 Å². The maximum atomic E-state index is 12.2. The Hall–Kier alpha value is -2.24. The van der Waals surface area contributed by atoms with Gasteiger partial charge < -0.3 is 19.9 Å². The van der Waals surface area contributed by atoms with Gasteiger partial charge in [0.25, 0.3) is 5.91 Å². The summed E-state index contributed by atoms with van der Waals surface area (Å²) in [5, 5.41) is 3.50. The molecule has 29 heavy (non-hydrogen) atoms. The molecule has 156 valence electrons. The van der Waals surface area contributed by atoms with Crippen LogP contribution in [-0.2, 0) is 4.79 Å². The summed E-state index contributed by atoms with van der Waals surface area (Å²) < 4.78 is 5.59. The molecule has 2 aromatic rings. The van der Waals surface area contributed by atoms with Crippen molar-refractivity contribution < 1.29 is 9.53 Å². The van der Waals surface area contributed by atoms with Crippen LogP contribution >= 0.6 is 11.6 Å². The molecule has 1 N–H and O–H groups in total. The quantitative estimate of drug-likeness (QED) is 0.716. The van der Waals surface area contributed by atoms with Crippen molar-refractivity contribution in [3.8, 4) is 5.75 Å². The third-order valence-electron chi connectivity index (χ3n) is 5.31. The first kappa shape index (κ1) is 21.5. The molecule has 0 spiro atoms. The monoisotopic (exact) mass is 415 g/mol. The first-order chi connectivity index (χ1) is 14.0. The van der Waals surface area contributed by atoms with E-state index in [2.05, 4.69) is 35.9 Å². The van der Waals surface area contributed by atoms with E-state index < -0.39 is 0 Å². The third kappa shape index (κ3) is 5.87. The van der Waals surface area contributed by atoms with E-state index in [1.165, 1.54) is 5.56 Å². The average Bonchev–Trinajstić information content (AvgIpc) is 2.73. The van der Waals surface area contributed by atoms with Gasteiger partial charge in [-0.05, 0) is 48.4 Å². The van der Waals surface area contributed by atoms with Crippen LogP contribution < -0.4 is 15.0 Å². The minimum absolute atomic E-state index is 0.0423. The van der Waals surface area contributed by atoms with Crippen molar-refractivity contribution in [1.29, 1.82) is 0 Å². The van der Waals surface area contributed by atoms with Crippen LogP contribution in [0.3, 0.4) is 0 Å². The van der Waals surface area contributed by atoms with Crippen molar-refractivity contribution >= 4 is 28.9 Å². The van der Waals surface area contributed by atoms with Gasteiger partial charge in [0.1, 0.15) is 5.75 Å². The zero-order valence-electron chi connectivity index (χ0n) is 17.5. The topological polar surface area (TPSA) is 44.8 Å². The molecule has 6 heteroatoms. The predicted octanol–water partition coefficient (Wildman–Crippen LogP) is 4.62. The van der Waals surface area contributed by atoms with Crippen molar-refractivity contribution in [3.05, 3.63) is 53.1 Å². The Labute approximate surface area is 178 Å². The standard InChI is InChI=1S/C23H30ClN3O2/c1-4-26-11-13-27(14-12-26)22-10-7-19(15-21(22)24)25-23(28)16-29-20-8-5-18(6-9-20)17(2)3/h5-10,15,17H,4,11-14,16H2,1-3H3,(H,25,28). The Bertz CT molecular complexity index is 815. The molecule has 3 rings (SSSR count). The highest BCUT2D eigenvalue weighted by atomic mass is 35.5. The predicted molar refractivity (Wildman–Crippen MR) is 120 cm³/mol. The van der Waals surface area contributed by atoms with Gasteiger partial charge in [0.05, 0.1) is 10.7 Å². The smallest absolute Gasteiger partial charge is 0.262 e. The SMILES string of the molecule is CCN1CCN(c2ccc(NC(=O)COc3ccc(C(C)C)cc3)cc2Cl)CC1. The molecule has 1 amide bonds. The van der Waals surface area contributed by atoms with E-state index in [0.29, 0.717) is 22.4 Å². The molecule has 1 aliphatic rings. The maximum absolute atomic E-state index is 12.2. The molecule has 0 saturated carbocycles. The van der Waals surface area contributed by atoms with Crippen LogP contribution in [0.2, 0.25) is 5.02 Å². The first-order valence-corrected chi connectivity index (χ1v) is 10.6. The molecule has 0 aliphatic carbocycles. The zero-order chi connectivity index (χ0) is 20.8. The number of nitrogens with one attached hydrogen (secondary N) is 1. The van der Waals surface area contributed by atoms with E-state index >= 15 is 0 Å². The summed E-state index contributed by atoms with van der Waals surface area (Å²) in [5.74, 6) is 0.943. The number of benzene rings is 2. The normalized spacial score (nSPS) is 14.9. The molecule has 0 atom stereocenters. The summed E-state index contributed by atoms with van der Waals surface area (Å²) in [6.45, 7) is 11.5. The number of hydrogen-bond acceptors (Lipinski definition) is 4. The number of piperazine rings is 1. The summed E-state index contributed by atoms with van der Waals surface area (Å²) in [6, 6.07) is 13.5. The van der Waals surface area contributed by atoms with Crippen LogP contribution in [0.15, 0.2) is 42.5 Å². The highest BCUT2D eigenvalue weighted by Gasteiger charge is 2.18. The van der Waals surface area contributed by atoms with Gasteiger partial charge in [-0.25, -0.2) is 0 Å². The van der Waals surface area contributed by atoms with E-state index in [-0.39, 0.29) is 12.5 Å². The number of hydrogen-bond donors (Lipinski definition) is 1. The Morgan fingerprint density at radius 2 is 1.79 bits per heavy atom. The number of carbonyl (C=O) groups is 1. The van der Waals surface area contributed by atoms with Gasteiger partial charge in [0, 0.05) is 31.9 Å². The Balaban J connectivity index is 1.52. The number of anilines is 2. The first-order valence-electron chi connectivity index (χ1n) is 10.3. The van der Waals surface area contributed by atoms with Gasteiger partial charge in [0.15, 0.2) is 6.61 Å². The highest BCUT2D eigenvalue weighted by Crippen LogP contribution is 2.29. The van der Waals surface area contributed by atoms with E-state index in [1.54, 1.807) is 6.07 Å². The number of ether oxygens (including phenoxy) is 1. The van der Waals surface area contributed by atoms with Crippen molar-refractivity contribution in [1.82, 2.24) is 4.90 Å².